The van der Waals surface area contributed by atoms with E-state index in [1.807, 2.05) is 27.7 Å². The van der Waals surface area contributed by atoms with Crippen LogP contribution in [0.3, 0.4) is 0 Å². The molecule has 3 aliphatic rings. The summed E-state index contributed by atoms with van der Waals surface area (Å²) in [4.78, 5) is 17.5. The maximum atomic E-state index is 13.9. The zero-order valence-corrected chi connectivity index (χ0v) is 31.1. The van der Waals surface area contributed by atoms with Crippen molar-refractivity contribution in [2.24, 2.45) is 39.7 Å². The van der Waals surface area contributed by atoms with E-state index in [9.17, 15) is 26.8 Å². The topological polar surface area (TPSA) is 181 Å². The number of carbonyl (C=O) groups excluding carboxylic acids is 1. The van der Waals surface area contributed by atoms with Crippen molar-refractivity contribution >= 4 is 49.8 Å². The Bertz CT molecular complexity index is 1730. The minimum absolute atomic E-state index is 0. The molecule has 3 N–H and O–H groups in total. The van der Waals surface area contributed by atoms with Crippen LogP contribution in [-0.2, 0) is 34.4 Å². The Kier molecular flexibility index (Phi) is 11.6. The van der Waals surface area contributed by atoms with Crippen LogP contribution in [0.25, 0.3) is 0 Å². The highest BCUT2D eigenvalue weighted by atomic mass is 35.5. The van der Waals surface area contributed by atoms with Crippen LogP contribution in [-0.4, -0.2) is 86.6 Å². The maximum Gasteiger partial charge on any atom is 0.328 e. The van der Waals surface area contributed by atoms with Gasteiger partial charge in [-0.15, -0.1) is 12.4 Å². The fraction of sp³-hybridized carbons (Fsp3) is 0.545. The normalized spacial score (nSPS) is 23.5. The largest absolute Gasteiger partial charge is 0.424 e. The van der Waals surface area contributed by atoms with Gasteiger partial charge < -0.3 is 20.5 Å². The van der Waals surface area contributed by atoms with Gasteiger partial charge in [0.1, 0.15) is 17.0 Å². The van der Waals surface area contributed by atoms with Crippen molar-refractivity contribution in [2.75, 3.05) is 33.0 Å². The molecular weight excluding hydrogens is 694 g/mol. The molecule has 1 aliphatic carbocycles. The number of esters is 1. The van der Waals surface area contributed by atoms with Gasteiger partial charge >= 0.3 is 5.97 Å². The first-order valence-electron chi connectivity index (χ1n) is 16.1. The molecule has 49 heavy (non-hydrogen) atoms. The van der Waals surface area contributed by atoms with Crippen LogP contribution in [0, 0.1) is 23.7 Å². The summed E-state index contributed by atoms with van der Waals surface area (Å²) in [5.41, 5.74) is 5.86. The molecule has 0 unspecified atom stereocenters. The molecule has 0 spiro atoms. The van der Waals surface area contributed by atoms with Crippen molar-refractivity contribution in [3.8, 4) is 0 Å². The van der Waals surface area contributed by atoms with Crippen LogP contribution >= 0.6 is 12.4 Å². The zero-order valence-electron chi connectivity index (χ0n) is 28.6. The monoisotopic (exact) mass is 739 g/mol. The molecule has 2 aliphatic heterocycles. The lowest BCUT2D eigenvalue weighted by Gasteiger charge is -2.34. The second-order valence-corrected chi connectivity index (χ2v) is 18.1. The Morgan fingerprint density at radius 3 is 1.57 bits per heavy atom. The second-order valence-electron chi connectivity index (χ2n) is 14.2. The van der Waals surface area contributed by atoms with Crippen molar-refractivity contribution in [3.05, 3.63) is 58.7 Å². The standard InChI is InChI=1S/C33H45N5O8S2.ClH/c1-20-11-21(2)16-37(15-20)47(41,42)24-7-9-26-28(13-24)30(35-40)29-14-25(48(43,44)38-17-22(3)12-23(4)18-38)8-10-27(29)31(26)36-46-19-45-32(39)33(5,6)34;/h7-10,13-14,20-23,40H,11-12,15-19,34H2,1-6H3;1H/t20-,21+,22-,23+;. The van der Waals surface area contributed by atoms with E-state index in [0.29, 0.717) is 37.3 Å². The first-order valence-corrected chi connectivity index (χ1v) is 19.0. The van der Waals surface area contributed by atoms with E-state index >= 15 is 0 Å². The predicted octanol–water partition coefficient (Wildman–Crippen LogP) is 3.99. The molecule has 2 aromatic carbocycles. The summed E-state index contributed by atoms with van der Waals surface area (Å²) in [6, 6.07) is 8.84. The highest BCUT2D eigenvalue weighted by Crippen LogP contribution is 2.35. The summed E-state index contributed by atoms with van der Waals surface area (Å²) in [6.07, 6.45) is 1.85. The lowest BCUT2D eigenvalue weighted by Crippen LogP contribution is -2.43. The SMILES string of the molecule is C[C@@H]1C[C@H](C)CN(S(=O)(=O)c2ccc3c(c2)C(=NO)c2cc(S(=O)(=O)N4C[C@H](C)C[C@H](C)C4)ccc2C3=NOCOC(=O)C(C)(C)N)C1.Cl. The van der Waals surface area contributed by atoms with Crippen LogP contribution in [0.2, 0.25) is 0 Å². The minimum atomic E-state index is -3.94. The molecule has 2 fully saturated rings. The molecule has 0 saturated carbocycles. The van der Waals surface area contributed by atoms with Gasteiger partial charge in [-0.3, -0.25) is 0 Å². The summed E-state index contributed by atoms with van der Waals surface area (Å²) < 4.78 is 63.5. The van der Waals surface area contributed by atoms with Crippen LogP contribution in [0.4, 0.5) is 0 Å². The van der Waals surface area contributed by atoms with Crippen LogP contribution in [0.15, 0.2) is 56.5 Å². The number of sulfonamides is 2. The second kappa shape index (κ2) is 14.6. The highest BCUT2D eigenvalue weighted by molar-refractivity contribution is 7.89. The van der Waals surface area contributed by atoms with Gasteiger partial charge in [-0.25, -0.2) is 21.6 Å². The number of rotatable bonds is 8. The van der Waals surface area contributed by atoms with E-state index in [0.717, 1.165) is 12.8 Å². The van der Waals surface area contributed by atoms with Crippen molar-refractivity contribution in [1.82, 2.24) is 8.61 Å². The third-order valence-electron chi connectivity index (χ3n) is 8.97. The van der Waals surface area contributed by atoms with Gasteiger partial charge in [0, 0.05) is 48.4 Å². The quantitative estimate of drug-likeness (QED) is 0.114. The first kappa shape index (κ1) is 38.7. The molecule has 4 atom stereocenters. The number of fused-ring (bicyclic) bond motifs is 2. The van der Waals surface area contributed by atoms with Gasteiger partial charge in [0.15, 0.2) is 0 Å². The third-order valence-corrected chi connectivity index (χ3v) is 12.6. The van der Waals surface area contributed by atoms with Gasteiger partial charge in [-0.05, 0) is 74.6 Å². The average molecular weight is 740 g/mol. The molecule has 16 heteroatoms. The van der Waals surface area contributed by atoms with E-state index in [-0.39, 0.29) is 68.4 Å². The Hall–Kier alpha value is -3.08. The van der Waals surface area contributed by atoms with E-state index in [4.69, 9.17) is 15.3 Å². The van der Waals surface area contributed by atoms with Gasteiger partial charge in [0.05, 0.1) is 9.79 Å². The van der Waals surface area contributed by atoms with E-state index in [1.165, 1.54) is 46.7 Å². The first-order chi connectivity index (χ1) is 22.4. The molecule has 0 bridgehead atoms. The summed E-state index contributed by atoms with van der Waals surface area (Å²) in [7, 11) is -7.87. The lowest BCUT2D eigenvalue weighted by atomic mass is 9.83. The van der Waals surface area contributed by atoms with Crippen LogP contribution in [0.5, 0.6) is 0 Å². The van der Waals surface area contributed by atoms with Gasteiger partial charge in [-0.1, -0.05) is 50.1 Å². The highest BCUT2D eigenvalue weighted by Gasteiger charge is 2.37. The summed E-state index contributed by atoms with van der Waals surface area (Å²) >= 11 is 0. The maximum absolute atomic E-state index is 13.9. The molecule has 13 nitrogen and oxygen atoms in total. The van der Waals surface area contributed by atoms with E-state index < -0.39 is 38.3 Å². The number of benzene rings is 2. The molecular formula is C33H46ClN5O8S2. The van der Waals surface area contributed by atoms with Gasteiger partial charge in [0.2, 0.25) is 20.0 Å². The fourth-order valence-corrected chi connectivity index (χ4v) is 10.3. The van der Waals surface area contributed by atoms with Crippen LogP contribution < -0.4 is 5.73 Å². The summed E-state index contributed by atoms with van der Waals surface area (Å²) in [6.45, 7) is 12.0. The molecule has 5 rings (SSSR count). The fourth-order valence-electron chi connectivity index (χ4n) is 6.93. The smallest absolute Gasteiger partial charge is 0.328 e. The number of hydrogen-bond acceptors (Lipinski definition) is 11. The Labute approximate surface area is 295 Å². The Balaban J connectivity index is 0.00000541. The molecule has 0 aromatic heterocycles. The number of hydrogen-bond donors (Lipinski definition) is 2. The predicted molar refractivity (Wildman–Crippen MR) is 187 cm³/mol. The lowest BCUT2D eigenvalue weighted by molar-refractivity contribution is -0.161. The minimum Gasteiger partial charge on any atom is -0.424 e. The molecule has 2 heterocycles. The number of halogens is 1. The summed E-state index contributed by atoms with van der Waals surface area (Å²) in [5, 5.41) is 18.2. The number of nitrogens with two attached hydrogens (primary N) is 1. The molecule has 2 saturated heterocycles. The number of carbonyl (C=O) groups is 1. The Morgan fingerprint density at radius 1 is 0.796 bits per heavy atom. The molecule has 2 aromatic rings. The molecule has 270 valence electrons. The van der Waals surface area contributed by atoms with Crippen LogP contribution in [0.1, 0.15) is 76.6 Å². The number of ether oxygens (including phenoxy) is 1. The number of oxime groups is 2. The summed E-state index contributed by atoms with van der Waals surface area (Å²) in [5.74, 6) is 0.0222. The average Bonchev–Trinajstić information content (AvgIpc) is 3.00. The number of nitrogens with zero attached hydrogens (tertiary/aromatic N) is 4. The van der Waals surface area contributed by atoms with E-state index in [2.05, 4.69) is 10.3 Å². The Morgan fingerprint density at radius 2 is 1.20 bits per heavy atom. The number of piperidine rings is 2. The van der Waals surface area contributed by atoms with Gasteiger partial charge in [-0.2, -0.15) is 8.61 Å². The van der Waals surface area contributed by atoms with Gasteiger partial charge in [0.25, 0.3) is 6.79 Å². The molecule has 0 radical (unpaired) electrons. The van der Waals surface area contributed by atoms with E-state index in [1.54, 1.807) is 12.1 Å². The molecule has 0 amide bonds. The van der Waals surface area contributed by atoms with Crippen molar-refractivity contribution < 1.29 is 36.4 Å². The van der Waals surface area contributed by atoms with Crippen molar-refractivity contribution in [1.29, 1.82) is 0 Å². The third kappa shape index (κ3) is 7.97. The van der Waals surface area contributed by atoms with Crippen molar-refractivity contribution in [3.63, 3.8) is 0 Å². The van der Waals surface area contributed by atoms with Crippen molar-refractivity contribution in [2.45, 2.75) is 69.7 Å². The zero-order chi connectivity index (χ0) is 35.2.